The average molecular weight is 217 g/mol. The van der Waals surface area contributed by atoms with Crippen LogP contribution >= 0.6 is 0 Å². The third-order valence-electron chi connectivity index (χ3n) is 2.86. The molecule has 0 saturated carbocycles. The van der Waals surface area contributed by atoms with Crippen LogP contribution in [-0.2, 0) is 12.0 Å². The van der Waals surface area contributed by atoms with Gasteiger partial charge in [0.25, 0.3) is 0 Å². The number of hydrogen-bond donors (Lipinski definition) is 1. The normalized spacial score (nSPS) is 12.2. The molecule has 0 bridgehead atoms. The van der Waals surface area contributed by atoms with Crippen molar-refractivity contribution in [3.63, 3.8) is 0 Å². The first-order chi connectivity index (χ1) is 7.54. The van der Waals surface area contributed by atoms with E-state index in [1.165, 1.54) is 16.5 Å². The quantitative estimate of drug-likeness (QED) is 0.833. The van der Waals surface area contributed by atoms with Crippen molar-refractivity contribution in [2.45, 2.75) is 32.7 Å². The second kappa shape index (κ2) is 3.95. The second-order valence-electron chi connectivity index (χ2n) is 5.22. The first kappa shape index (κ1) is 11.2. The third-order valence-corrected chi connectivity index (χ3v) is 2.86. The van der Waals surface area contributed by atoms with E-state index in [0.29, 0.717) is 0 Å². The van der Waals surface area contributed by atoms with Gasteiger partial charge in [-0.15, -0.1) is 0 Å². The molecule has 0 amide bonds. The van der Waals surface area contributed by atoms with E-state index in [1.54, 1.807) is 0 Å². The highest BCUT2D eigenvalue weighted by Crippen LogP contribution is 2.32. The number of para-hydroxylation sites is 1. The van der Waals surface area contributed by atoms with Crippen LogP contribution < -0.4 is 5.32 Å². The van der Waals surface area contributed by atoms with E-state index in [9.17, 15) is 0 Å². The molecule has 2 heteroatoms. The third kappa shape index (κ3) is 1.85. The topological polar surface area (TPSA) is 25.2 Å². The predicted octanol–water partition coefficient (Wildman–Crippen LogP) is 3.45. The van der Waals surface area contributed by atoms with Gasteiger partial charge in [0.1, 0.15) is 5.58 Å². The zero-order valence-corrected chi connectivity index (χ0v) is 10.4. The summed E-state index contributed by atoms with van der Waals surface area (Å²) in [7, 11) is 1.95. The number of rotatable bonds is 2. The number of hydrogen-bond acceptors (Lipinski definition) is 2. The summed E-state index contributed by atoms with van der Waals surface area (Å²) in [5.41, 5.74) is 3.64. The molecule has 2 rings (SSSR count). The van der Waals surface area contributed by atoms with Crippen molar-refractivity contribution >= 4 is 11.0 Å². The van der Waals surface area contributed by atoms with Crippen molar-refractivity contribution in [1.82, 2.24) is 5.32 Å². The Kier molecular flexibility index (Phi) is 2.76. The van der Waals surface area contributed by atoms with Crippen LogP contribution in [0.5, 0.6) is 0 Å². The molecule has 1 aromatic carbocycles. The van der Waals surface area contributed by atoms with Gasteiger partial charge in [0.05, 0.1) is 6.26 Å². The summed E-state index contributed by atoms with van der Waals surface area (Å²) in [6, 6.07) is 6.38. The maximum atomic E-state index is 5.72. The van der Waals surface area contributed by atoms with Crippen molar-refractivity contribution in [3.05, 3.63) is 35.6 Å². The molecule has 0 saturated heterocycles. The lowest BCUT2D eigenvalue weighted by atomic mass is 9.86. The monoisotopic (exact) mass is 217 g/mol. The van der Waals surface area contributed by atoms with Crippen molar-refractivity contribution in [3.8, 4) is 0 Å². The fraction of sp³-hybridized carbons (Fsp3) is 0.429. The standard InChI is InChI=1S/C14H19NO/c1-14(2,3)12-7-5-6-11-10(8-15-4)9-16-13(11)12/h5-7,9,15H,8H2,1-4H3. The Bertz CT molecular complexity index is 491. The molecule has 86 valence electrons. The summed E-state index contributed by atoms with van der Waals surface area (Å²) in [5.74, 6) is 0. The minimum atomic E-state index is 0.119. The van der Waals surface area contributed by atoms with E-state index in [-0.39, 0.29) is 5.41 Å². The first-order valence-corrected chi connectivity index (χ1v) is 5.68. The summed E-state index contributed by atoms with van der Waals surface area (Å²) in [4.78, 5) is 0. The highest BCUT2D eigenvalue weighted by Gasteiger charge is 2.19. The molecule has 16 heavy (non-hydrogen) atoms. The van der Waals surface area contributed by atoms with Gasteiger partial charge >= 0.3 is 0 Å². The average Bonchev–Trinajstić information content (AvgIpc) is 2.61. The van der Waals surface area contributed by atoms with Crippen LogP contribution in [0, 0.1) is 0 Å². The molecule has 1 N–H and O–H groups in total. The Labute approximate surface area is 96.6 Å². The van der Waals surface area contributed by atoms with Gasteiger partial charge in [0.2, 0.25) is 0 Å². The van der Waals surface area contributed by atoms with Gasteiger partial charge in [-0.2, -0.15) is 0 Å². The molecule has 0 spiro atoms. The van der Waals surface area contributed by atoms with Crippen LogP contribution in [0.1, 0.15) is 31.9 Å². The Hall–Kier alpha value is -1.28. The van der Waals surface area contributed by atoms with Gasteiger partial charge in [0, 0.05) is 23.1 Å². The van der Waals surface area contributed by atoms with E-state index in [2.05, 4.69) is 44.3 Å². The van der Waals surface area contributed by atoms with E-state index in [4.69, 9.17) is 4.42 Å². The minimum Gasteiger partial charge on any atom is -0.464 e. The van der Waals surface area contributed by atoms with Gasteiger partial charge in [-0.1, -0.05) is 39.0 Å². The maximum absolute atomic E-state index is 5.72. The molecule has 0 unspecified atom stereocenters. The molecule has 0 atom stereocenters. The predicted molar refractivity (Wildman–Crippen MR) is 67.7 cm³/mol. The highest BCUT2D eigenvalue weighted by molar-refractivity contribution is 5.84. The Balaban J connectivity index is 2.62. The molecule has 0 fully saturated rings. The van der Waals surface area contributed by atoms with Crippen LogP contribution in [0.25, 0.3) is 11.0 Å². The highest BCUT2D eigenvalue weighted by atomic mass is 16.3. The lowest BCUT2D eigenvalue weighted by Crippen LogP contribution is -2.11. The zero-order valence-electron chi connectivity index (χ0n) is 10.4. The van der Waals surface area contributed by atoms with Crippen molar-refractivity contribution in [2.75, 3.05) is 7.05 Å². The zero-order chi connectivity index (χ0) is 11.8. The first-order valence-electron chi connectivity index (χ1n) is 5.68. The van der Waals surface area contributed by atoms with Gasteiger partial charge in [-0.05, 0) is 12.5 Å². The van der Waals surface area contributed by atoms with Crippen LogP contribution in [0.4, 0.5) is 0 Å². The molecule has 0 aliphatic rings. The van der Waals surface area contributed by atoms with E-state index in [0.717, 1.165) is 12.1 Å². The Morgan fingerprint density at radius 3 is 2.62 bits per heavy atom. The molecule has 2 nitrogen and oxygen atoms in total. The lowest BCUT2D eigenvalue weighted by molar-refractivity contribution is 0.556. The fourth-order valence-corrected chi connectivity index (χ4v) is 2.03. The van der Waals surface area contributed by atoms with Gasteiger partial charge in [-0.3, -0.25) is 0 Å². The lowest BCUT2D eigenvalue weighted by Gasteiger charge is -2.18. The second-order valence-corrected chi connectivity index (χ2v) is 5.22. The van der Waals surface area contributed by atoms with Crippen LogP contribution in [0.15, 0.2) is 28.9 Å². The number of nitrogens with one attached hydrogen (secondary N) is 1. The molecule has 1 heterocycles. The number of benzene rings is 1. The summed E-state index contributed by atoms with van der Waals surface area (Å²) < 4.78 is 5.72. The molecule has 0 radical (unpaired) electrons. The van der Waals surface area contributed by atoms with Gasteiger partial charge in [-0.25, -0.2) is 0 Å². The van der Waals surface area contributed by atoms with Crippen LogP contribution in [0.2, 0.25) is 0 Å². The summed E-state index contributed by atoms with van der Waals surface area (Å²) >= 11 is 0. The SMILES string of the molecule is CNCc1coc2c(C(C)(C)C)cccc12. The molecule has 1 aromatic heterocycles. The van der Waals surface area contributed by atoms with Crippen LogP contribution in [-0.4, -0.2) is 7.05 Å². The summed E-state index contributed by atoms with van der Waals surface area (Å²) in [5, 5.41) is 4.38. The molecule has 0 aliphatic carbocycles. The number of fused-ring (bicyclic) bond motifs is 1. The van der Waals surface area contributed by atoms with E-state index in [1.807, 2.05) is 13.3 Å². The molecule has 0 aliphatic heterocycles. The maximum Gasteiger partial charge on any atom is 0.137 e. The summed E-state index contributed by atoms with van der Waals surface area (Å²) in [6.45, 7) is 7.48. The van der Waals surface area contributed by atoms with Gasteiger partial charge in [0.15, 0.2) is 0 Å². The largest absolute Gasteiger partial charge is 0.464 e. The minimum absolute atomic E-state index is 0.119. The van der Waals surface area contributed by atoms with E-state index >= 15 is 0 Å². The molecular weight excluding hydrogens is 198 g/mol. The molecular formula is C14H19NO. The van der Waals surface area contributed by atoms with Crippen LogP contribution in [0.3, 0.4) is 0 Å². The van der Waals surface area contributed by atoms with Crippen molar-refractivity contribution in [1.29, 1.82) is 0 Å². The van der Waals surface area contributed by atoms with Crippen molar-refractivity contribution in [2.24, 2.45) is 0 Å². The van der Waals surface area contributed by atoms with Crippen molar-refractivity contribution < 1.29 is 4.42 Å². The Morgan fingerprint density at radius 2 is 2.00 bits per heavy atom. The molecule has 2 aromatic rings. The Morgan fingerprint density at radius 1 is 1.25 bits per heavy atom. The smallest absolute Gasteiger partial charge is 0.137 e. The number of furan rings is 1. The summed E-state index contributed by atoms with van der Waals surface area (Å²) in [6.07, 6.45) is 1.86. The van der Waals surface area contributed by atoms with E-state index < -0.39 is 0 Å². The fourth-order valence-electron chi connectivity index (χ4n) is 2.03. The van der Waals surface area contributed by atoms with Gasteiger partial charge < -0.3 is 9.73 Å².